The molecule has 0 bridgehead atoms. The number of nitrogens with one attached hydrogen (secondary N) is 1. The standard InChI is InChI=1S/C15H16INO/c1-10-6-7-14(15(18)8-10)11(2)17-13-5-3-4-12(16)9-13/h3-9,11,17-18H,1-2H3. The highest BCUT2D eigenvalue weighted by molar-refractivity contribution is 14.1. The van der Waals surface area contributed by atoms with Crippen molar-refractivity contribution in [1.29, 1.82) is 0 Å². The zero-order chi connectivity index (χ0) is 13.1. The molecular weight excluding hydrogens is 337 g/mol. The summed E-state index contributed by atoms with van der Waals surface area (Å²) in [7, 11) is 0. The van der Waals surface area contributed by atoms with Crippen LogP contribution in [0.5, 0.6) is 5.75 Å². The van der Waals surface area contributed by atoms with E-state index in [0.717, 1.165) is 16.8 Å². The van der Waals surface area contributed by atoms with E-state index in [-0.39, 0.29) is 6.04 Å². The Balaban J connectivity index is 2.19. The fraction of sp³-hybridized carbons (Fsp3) is 0.200. The Morgan fingerprint density at radius 2 is 1.94 bits per heavy atom. The lowest BCUT2D eigenvalue weighted by atomic mass is 10.0. The lowest BCUT2D eigenvalue weighted by molar-refractivity contribution is 0.465. The molecule has 0 saturated heterocycles. The molecule has 94 valence electrons. The highest BCUT2D eigenvalue weighted by Crippen LogP contribution is 2.28. The SMILES string of the molecule is Cc1ccc(C(C)Nc2cccc(I)c2)c(O)c1. The highest BCUT2D eigenvalue weighted by atomic mass is 127. The molecule has 2 aromatic carbocycles. The molecule has 1 unspecified atom stereocenters. The lowest BCUT2D eigenvalue weighted by Gasteiger charge is -2.17. The smallest absolute Gasteiger partial charge is 0.121 e. The normalized spacial score (nSPS) is 12.2. The van der Waals surface area contributed by atoms with Gasteiger partial charge in [-0.25, -0.2) is 0 Å². The number of benzene rings is 2. The third-order valence-electron chi connectivity index (χ3n) is 2.86. The van der Waals surface area contributed by atoms with Gasteiger partial charge in [-0.15, -0.1) is 0 Å². The molecule has 18 heavy (non-hydrogen) atoms. The van der Waals surface area contributed by atoms with Crippen molar-refractivity contribution < 1.29 is 5.11 Å². The Hall–Kier alpha value is -1.23. The number of hydrogen-bond donors (Lipinski definition) is 2. The second kappa shape index (κ2) is 5.61. The van der Waals surface area contributed by atoms with Gasteiger partial charge in [0, 0.05) is 14.8 Å². The average molecular weight is 353 g/mol. The minimum atomic E-state index is 0.0730. The number of rotatable bonds is 3. The molecule has 2 aromatic rings. The van der Waals surface area contributed by atoms with Crippen molar-refractivity contribution in [2.45, 2.75) is 19.9 Å². The van der Waals surface area contributed by atoms with Gasteiger partial charge in [0.1, 0.15) is 5.75 Å². The molecule has 0 radical (unpaired) electrons. The van der Waals surface area contributed by atoms with Crippen LogP contribution in [-0.4, -0.2) is 5.11 Å². The zero-order valence-corrected chi connectivity index (χ0v) is 12.6. The summed E-state index contributed by atoms with van der Waals surface area (Å²) >= 11 is 2.29. The maximum absolute atomic E-state index is 9.95. The highest BCUT2D eigenvalue weighted by Gasteiger charge is 2.10. The molecule has 0 amide bonds. The van der Waals surface area contributed by atoms with Crippen LogP contribution in [0.15, 0.2) is 42.5 Å². The molecule has 0 saturated carbocycles. The molecule has 2 nitrogen and oxygen atoms in total. The van der Waals surface area contributed by atoms with Gasteiger partial charge in [0.15, 0.2) is 0 Å². The minimum Gasteiger partial charge on any atom is -0.508 e. The Morgan fingerprint density at radius 1 is 1.17 bits per heavy atom. The van der Waals surface area contributed by atoms with Crippen LogP contribution in [0.4, 0.5) is 5.69 Å². The van der Waals surface area contributed by atoms with Crippen molar-refractivity contribution in [1.82, 2.24) is 0 Å². The molecule has 0 aliphatic rings. The third kappa shape index (κ3) is 3.16. The number of halogens is 1. The van der Waals surface area contributed by atoms with Gasteiger partial charge in [-0.1, -0.05) is 18.2 Å². The van der Waals surface area contributed by atoms with Gasteiger partial charge in [0.2, 0.25) is 0 Å². The molecule has 0 heterocycles. The summed E-state index contributed by atoms with van der Waals surface area (Å²) in [5.41, 5.74) is 3.05. The van der Waals surface area contributed by atoms with Crippen LogP contribution in [-0.2, 0) is 0 Å². The summed E-state index contributed by atoms with van der Waals surface area (Å²) in [6.07, 6.45) is 0. The van der Waals surface area contributed by atoms with Gasteiger partial charge in [-0.2, -0.15) is 0 Å². The molecule has 1 atom stereocenters. The molecule has 2 N–H and O–H groups in total. The molecule has 0 spiro atoms. The van der Waals surface area contributed by atoms with Gasteiger partial charge < -0.3 is 10.4 Å². The molecule has 0 aliphatic carbocycles. The van der Waals surface area contributed by atoms with Crippen molar-refractivity contribution in [3.05, 3.63) is 57.2 Å². The molecule has 0 aliphatic heterocycles. The van der Waals surface area contributed by atoms with E-state index in [2.05, 4.69) is 40.0 Å². The van der Waals surface area contributed by atoms with Crippen LogP contribution in [0.1, 0.15) is 24.1 Å². The van der Waals surface area contributed by atoms with Crippen LogP contribution in [0.3, 0.4) is 0 Å². The Morgan fingerprint density at radius 3 is 2.61 bits per heavy atom. The molecule has 2 rings (SSSR count). The van der Waals surface area contributed by atoms with Crippen LogP contribution in [0.2, 0.25) is 0 Å². The monoisotopic (exact) mass is 353 g/mol. The van der Waals surface area contributed by atoms with Gasteiger partial charge in [0.05, 0.1) is 6.04 Å². The number of aromatic hydroxyl groups is 1. The number of phenols is 1. The van der Waals surface area contributed by atoms with Crippen LogP contribution in [0.25, 0.3) is 0 Å². The summed E-state index contributed by atoms with van der Waals surface area (Å²) < 4.78 is 1.19. The van der Waals surface area contributed by atoms with Gasteiger partial charge in [0.25, 0.3) is 0 Å². The van der Waals surface area contributed by atoms with Crippen molar-refractivity contribution in [3.8, 4) is 5.75 Å². The first-order chi connectivity index (χ1) is 8.56. The van der Waals surface area contributed by atoms with E-state index in [4.69, 9.17) is 0 Å². The molecule has 3 heteroatoms. The Kier molecular flexibility index (Phi) is 4.11. The van der Waals surface area contributed by atoms with Crippen molar-refractivity contribution >= 4 is 28.3 Å². The zero-order valence-electron chi connectivity index (χ0n) is 10.4. The summed E-state index contributed by atoms with van der Waals surface area (Å²) in [5.74, 6) is 0.348. The van der Waals surface area contributed by atoms with E-state index in [9.17, 15) is 5.11 Å². The second-order valence-corrected chi connectivity index (χ2v) is 5.68. The van der Waals surface area contributed by atoms with E-state index < -0.39 is 0 Å². The van der Waals surface area contributed by atoms with Gasteiger partial charge >= 0.3 is 0 Å². The topological polar surface area (TPSA) is 32.3 Å². The predicted molar refractivity (Wildman–Crippen MR) is 84.0 cm³/mol. The summed E-state index contributed by atoms with van der Waals surface area (Å²) in [6, 6.07) is 14.0. The summed E-state index contributed by atoms with van der Waals surface area (Å²) in [4.78, 5) is 0. The predicted octanol–water partition coefficient (Wildman–Crippen LogP) is 4.48. The average Bonchev–Trinajstić information content (AvgIpc) is 2.28. The van der Waals surface area contributed by atoms with Gasteiger partial charge in [-0.05, 0) is 66.3 Å². The Labute approximate surface area is 121 Å². The maximum atomic E-state index is 9.95. The van der Waals surface area contributed by atoms with Crippen LogP contribution < -0.4 is 5.32 Å². The number of aryl methyl sites for hydroxylation is 1. The molecule has 0 fully saturated rings. The maximum Gasteiger partial charge on any atom is 0.121 e. The van der Waals surface area contributed by atoms with E-state index >= 15 is 0 Å². The number of phenolic OH excluding ortho intramolecular Hbond substituents is 1. The minimum absolute atomic E-state index is 0.0730. The quantitative estimate of drug-likeness (QED) is 0.798. The second-order valence-electron chi connectivity index (χ2n) is 4.44. The van der Waals surface area contributed by atoms with Crippen molar-refractivity contribution in [2.75, 3.05) is 5.32 Å². The number of anilines is 1. The largest absolute Gasteiger partial charge is 0.508 e. The van der Waals surface area contributed by atoms with Crippen molar-refractivity contribution in [3.63, 3.8) is 0 Å². The van der Waals surface area contributed by atoms with Gasteiger partial charge in [-0.3, -0.25) is 0 Å². The lowest BCUT2D eigenvalue weighted by Crippen LogP contribution is -2.07. The first kappa shape index (κ1) is 13.2. The molecule has 0 aromatic heterocycles. The summed E-state index contributed by atoms with van der Waals surface area (Å²) in [6.45, 7) is 4.02. The first-order valence-electron chi connectivity index (χ1n) is 5.88. The summed E-state index contributed by atoms with van der Waals surface area (Å²) in [5, 5.41) is 13.3. The molecular formula is C15H16INO. The fourth-order valence-corrected chi connectivity index (χ4v) is 2.47. The first-order valence-corrected chi connectivity index (χ1v) is 6.96. The van der Waals surface area contributed by atoms with E-state index in [0.29, 0.717) is 5.75 Å². The van der Waals surface area contributed by atoms with E-state index in [1.807, 2.05) is 38.1 Å². The van der Waals surface area contributed by atoms with E-state index in [1.165, 1.54) is 3.57 Å². The van der Waals surface area contributed by atoms with Crippen LogP contribution >= 0.6 is 22.6 Å². The Bertz CT molecular complexity index is 554. The fourth-order valence-electron chi connectivity index (χ4n) is 1.93. The van der Waals surface area contributed by atoms with Crippen molar-refractivity contribution in [2.24, 2.45) is 0 Å². The number of hydrogen-bond acceptors (Lipinski definition) is 2. The third-order valence-corrected chi connectivity index (χ3v) is 3.53. The van der Waals surface area contributed by atoms with Crippen LogP contribution in [0, 0.1) is 10.5 Å². The van der Waals surface area contributed by atoms with E-state index in [1.54, 1.807) is 6.07 Å².